The van der Waals surface area contributed by atoms with E-state index in [1.807, 2.05) is 36.0 Å². The minimum Gasteiger partial charge on any atom is -0.453 e. The Bertz CT molecular complexity index is 425. The minimum absolute atomic E-state index is 0.447. The molecule has 2 N–H and O–H groups in total. The summed E-state index contributed by atoms with van der Waals surface area (Å²) in [6, 6.07) is 8.20. The molecule has 2 atom stereocenters. The molecular weight excluding hydrogens is 248 g/mol. The summed E-state index contributed by atoms with van der Waals surface area (Å²) in [5.74, 6) is 1.21. The first kappa shape index (κ1) is 13.1. The number of hydrogen-bond donors (Lipinski definition) is 2. The van der Waals surface area contributed by atoms with Crippen LogP contribution in [0.3, 0.4) is 0 Å². The van der Waals surface area contributed by atoms with E-state index in [1.54, 1.807) is 0 Å². The van der Waals surface area contributed by atoms with Crippen molar-refractivity contribution >= 4 is 29.2 Å². The number of nitrogens with one attached hydrogen (secondary N) is 2. The van der Waals surface area contributed by atoms with Crippen molar-refractivity contribution in [1.82, 2.24) is 0 Å². The van der Waals surface area contributed by atoms with Crippen LogP contribution in [0.5, 0.6) is 0 Å². The summed E-state index contributed by atoms with van der Waals surface area (Å²) in [4.78, 5) is 11.1. The summed E-state index contributed by atoms with van der Waals surface area (Å²) >= 11 is 1.99. The van der Waals surface area contributed by atoms with Gasteiger partial charge in [-0.1, -0.05) is 13.0 Å². The molecule has 4 nitrogen and oxygen atoms in total. The van der Waals surface area contributed by atoms with Crippen molar-refractivity contribution in [3.8, 4) is 0 Å². The second-order valence-corrected chi connectivity index (χ2v) is 5.80. The second kappa shape index (κ2) is 6.00. The first-order chi connectivity index (χ1) is 8.69. The van der Waals surface area contributed by atoms with E-state index < -0.39 is 6.09 Å². The fourth-order valence-corrected chi connectivity index (χ4v) is 3.19. The van der Waals surface area contributed by atoms with Gasteiger partial charge in [-0.15, -0.1) is 0 Å². The van der Waals surface area contributed by atoms with Gasteiger partial charge in [0, 0.05) is 22.7 Å². The fraction of sp³-hybridized carbons (Fsp3) is 0.462. The van der Waals surface area contributed by atoms with Gasteiger partial charge in [-0.25, -0.2) is 4.79 Å². The van der Waals surface area contributed by atoms with Gasteiger partial charge in [0.15, 0.2) is 0 Å². The van der Waals surface area contributed by atoms with Crippen molar-refractivity contribution in [2.45, 2.75) is 24.6 Å². The Morgan fingerprint density at radius 2 is 2.22 bits per heavy atom. The van der Waals surface area contributed by atoms with Crippen molar-refractivity contribution in [3.63, 3.8) is 0 Å². The van der Waals surface area contributed by atoms with Gasteiger partial charge in [-0.2, -0.15) is 11.8 Å². The lowest BCUT2D eigenvalue weighted by atomic mass is 10.1. The molecule has 2 rings (SSSR count). The van der Waals surface area contributed by atoms with Crippen LogP contribution in [0.4, 0.5) is 16.2 Å². The number of anilines is 2. The Balaban J connectivity index is 2.00. The lowest BCUT2D eigenvalue weighted by Gasteiger charge is -2.18. The average Bonchev–Trinajstić information content (AvgIpc) is 2.75. The number of ether oxygens (including phenoxy) is 1. The molecule has 2 unspecified atom stereocenters. The summed E-state index contributed by atoms with van der Waals surface area (Å²) in [5.41, 5.74) is 1.77. The normalized spacial score (nSPS) is 22.6. The molecule has 98 valence electrons. The van der Waals surface area contributed by atoms with E-state index in [9.17, 15) is 4.79 Å². The van der Waals surface area contributed by atoms with Crippen LogP contribution >= 0.6 is 11.8 Å². The third-order valence-corrected chi connectivity index (χ3v) is 4.35. The Morgan fingerprint density at radius 1 is 1.44 bits per heavy atom. The average molecular weight is 266 g/mol. The van der Waals surface area contributed by atoms with Crippen molar-refractivity contribution in [2.24, 2.45) is 0 Å². The first-order valence-corrected chi connectivity index (χ1v) is 7.07. The van der Waals surface area contributed by atoms with Gasteiger partial charge in [0.2, 0.25) is 0 Å². The zero-order chi connectivity index (χ0) is 13.0. The molecule has 1 saturated heterocycles. The molecule has 0 spiro atoms. The Kier molecular flexibility index (Phi) is 4.36. The van der Waals surface area contributed by atoms with Crippen LogP contribution in [0.2, 0.25) is 0 Å². The highest BCUT2D eigenvalue weighted by Gasteiger charge is 2.23. The number of hydrogen-bond acceptors (Lipinski definition) is 4. The van der Waals surface area contributed by atoms with Crippen LogP contribution in [0, 0.1) is 0 Å². The maximum absolute atomic E-state index is 11.1. The fourth-order valence-electron chi connectivity index (χ4n) is 1.99. The van der Waals surface area contributed by atoms with Crippen molar-refractivity contribution in [3.05, 3.63) is 24.3 Å². The molecule has 0 aliphatic carbocycles. The van der Waals surface area contributed by atoms with Crippen LogP contribution in [-0.2, 0) is 4.74 Å². The number of thioether (sulfide) groups is 1. The third kappa shape index (κ3) is 3.32. The summed E-state index contributed by atoms with van der Waals surface area (Å²) < 4.78 is 4.57. The SMILES string of the molecule is COC(=O)Nc1cccc(NC2CCSC2C)c1. The first-order valence-electron chi connectivity index (χ1n) is 6.02. The molecule has 0 saturated carbocycles. The predicted octanol–water partition coefficient (Wildman–Crippen LogP) is 3.17. The molecule has 1 aromatic rings. The van der Waals surface area contributed by atoms with Gasteiger partial charge >= 0.3 is 6.09 Å². The van der Waals surface area contributed by atoms with Gasteiger partial charge in [0.1, 0.15) is 0 Å². The molecule has 1 heterocycles. The van der Waals surface area contributed by atoms with E-state index in [1.165, 1.54) is 19.3 Å². The summed E-state index contributed by atoms with van der Waals surface area (Å²) in [7, 11) is 1.36. The summed E-state index contributed by atoms with van der Waals surface area (Å²) in [6.07, 6.45) is 0.734. The Morgan fingerprint density at radius 3 is 2.89 bits per heavy atom. The number of methoxy groups -OCH3 is 1. The van der Waals surface area contributed by atoms with E-state index in [-0.39, 0.29) is 0 Å². The quantitative estimate of drug-likeness (QED) is 0.882. The molecule has 1 aromatic carbocycles. The van der Waals surface area contributed by atoms with Crippen LogP contribution < -0.4 is 10.6 Å². The van der Waals surface area contributed by atoms with E-state index in [0.29, 0.717) is 11.3 Å². The molecule has 1 amide bonds. The molecule has 1 aliphatic heterocycles. The predicted molar refractivity (Wildman–Crippen MR) is 76.4 cm³/mol. The maximum atomic E-state index is 11.1. The molecule has 0 bridgehead atoms. The van der Waals surface area contributed by atoms with Gasteiger partial charge in [0.25, 0.3) is 0 Å². The molecule has 1 fully saturated rings. The number of carbonyl (C=O) groups excluding carboxylic acids is 1. The van der Waals surface area contributed by atoms with Gasteiger partial charge < -0.3 is 10.1 Å². The lowest BCUT2D eigenvalue weighted by molar-refractivity contribution is 0.187. The van der Waals surface area contributed by atoms with Crippen LogP contribution in [0.1, 0.15) is 13.3 Å². The van der Waals surface area contributed by atoms with Gasteiger partial charge in [-0.3, -0.25) is 5.32 Å². The zero-order valence-electron chi connectivity index (χ0n) is 10.6. The van der Waals surface area contributed by atoms with Gasteiger partial charge in [0.05, 0.1) is 7.11 Å². The smallest absolute Gasteiger partial charge is 0.411 e. The zero-order valence-corrected chi connectivity index (χ0v) is 11.4. The number of carbonyl (C=O) groups is 1. The monoisotopic (exact) mass is 266 g/mol. The van der Waals surface area contributed by atoms with Crippen LogP contribution in [0.15, 0.2) is 24.3 Å². The Labute approximate surface area is 111 Å². The van der Waals surface area contributed by atoms with E-state index in [2.05, 4.69) is 22.3 Å². The van der Waals surface area contributed by atoms with Gasteiger partial charge in [-0.05, 0) is 30.4 Å². The van der Waals surface area contributed by atoms with Crippen LogP contribution in [-0.4, -0.2) is 30.2 Å². The number of benzene rings is 1. The standard InChI is InChI=1S/C13H18N2O2S/c1-9-12(6-7-18-9)14-10-4-3-5-11(8-10)15-13(16)17-2/h3-5,8-9,12,14H,6-7H2,1-2H3,(H,15,16). The molecule has 5 heteroatoms. The molecule has 0 radical (unpaired) electrons. The number of amides is 1. The minimum atomic E-state index is -0.447. The second-order valence-electron chi connectivity index (χ2n) is 4.31. The van der Waals surface area contributed by atoms with E-state index >= 15 is 0 Å². The molecule has 0 aromatic heterocycles. The molecular formula is C13H18N2O2S. The highest BCUT2D eigenvalue weighted by Crippen LogP contribution is 2.29. The topological polar surface area (TPSA) is 50.4 Å². The highest BCUT2D eigenvalue weighted by molar-refractivity contribution is 8.00. The largest absolute Gasteiger partial charge is 0.453 e. The van der Waals surface area contributed by atoms with Crippen LogP contribution in [0.25, 0.3) is 0 Å². The van der Waals surface area contributed by atoms with E-state index in [0.717, 1.165) is 11.4 Å². The highest BCUT2D eigenvalue weighted by atomic mass is 32.2. The third-order valence-electron chi connectivity index (χ3n) is 3.02. The van der Waals surface area contributed by atoms with E-state index in [4.69, 9.17) is 0 Å². The summed E-state index contributed by atoms with van der Waals surface area (Å²) in [6.45, 7) is 2.24. The molecule has 18 heavy (non-hydrogen) atoms. The van der Waals surface area contributed by atoms with Crippen molar-refractivity contribution < 1.29 is 9.53 Å². The molecule has 1 aliphatic rings. The van der Waals surface area contributed by atoms with Crippen molar-refractivity contribution in [1.29, 1.82) is 0 Å². The number of rotatable bonds is 3. The van der Waals surface area contributed by atoms with Crippen molar-refractivity contribution in [2.75, 3.05) is 23.5 Å². The lowest BCUT2D eigenvalue weighted by Crippen LogP contribution is -2.24. The maximum Gasteiger partial charge on any atom is 0.411 e. The summed E-state index contributed by atoms with van der Waals surface area (Å²) in [5, 5.41) is 6.80. The Hall–Kier alpha value is -1.36.